The molecule has 0 saturated heterocycles. The first-order chi connectivity index (χ1) is 4.86. The van der Waals surface area contributed by atoms with E-state index in [-0.39, 0.29) is 19.0 Å². The van der Waals surface area contributed by atoms with Gasteiger partial charge in [-0.05, 0) is 6.07 Å². The number of carbonyl (C=O) groups excluding carboxylic acids is 1. The van der Waals surface area contributed by atoms with E-state index in [2.05, 4.69) is 9.87 Å². The van der Waals surface area contributed by atoms with Crippen LogP contribution < -0.4 is 4.89 Å². The van der Waals surface area contributed by atoms with E-state index in [1.807, 2.05) is 0 Å². The highest BCUT2D eigenvalue weighted by Crippen LogP contribution is 2.03. The molecule has 4 heteroatoms. The fourth-order valence-corrected chi connectivity index (χ4v) is 0.547. The molecule has 1 N–H and O–H groups in total. The minimum Gasteiger partial charge on any atom is -0.320 e. The van der Waals surface area contributed by atoms with E-state index in [1.165, 1.54) is 12.1 Å². The van der Waals surface area contributed by atoms with Crippen LogP contribution in [0.1, 0.15) is 17.9 Å². The zero-order valence-electron chi connectivity index (χ0n) is 5.02. The summed E-state index contributed by atoms with van der Waals surface area (Å²) in [6, 6.07) is 4.50. The van der Waals surface area contributed by atoms with Crippen molar-refractivity contribution in [3.63, 3.8) is 0 Å². The van der Waals surface area contributed by atoms with Crippen LogP contribution >= 0.6 is 0 Å². The highest BCUT2D eigenvalue weighted by Gasteiger charge is 1.94. The highest BCUT2D eigenvalue weighted by molar-refractivity contribution is 5.71. The first kappa shape index (κ1) is 9.58. The molecule has 11 heavy (non-hydrogen) atoms. The third-order valence-corrected chi connectivity index (χ3v) is 0.959. The molecule has 0 saturated carbocycles. The molecule has 4 nitrogen and oxygen atoms in total. The molecule has 1 heterocycles. The maximum Gasteiger partial charge on any atom is 0.256 e. The summed E-state index contributed by atoms with van der Waals surface area (Å²) >= 11 is 0. The van der Waals surface area contributed by atoms with Gasteiger partial charge in [0.15, 0.2) is 6.29 Å². The molecule has 0 aliphatic carbocycles. The smallest absolute Gasteiger partial charge is 0.256 e. The van der Waals surface area contributed by atoms with Crippen LogP contribution in [0.2, 0.25) is 0 Å². The third-order valence-electron chi connectivity index (χ3n) is 0.959. The molecular weight excluding hydrogens is 146 g/mol. The molecule has 1 aromatic heterocycles. The van der Waals surface area contributed by atoms with Crippen molar-refractivity contribution in [2.45, 2.75) is 7.43 Å². The molecule has 0 unspecified atom stereocenters. The van der Waals surface area contributed by atoms with Crippen LogP contribution in [0, 0.1) is 0 Å². The van der Waals surface area contributed by atoms with Gasteiger partial charge in [-0.15, -0.1) is 0 Å². The van der Waals surface area contributed by atoms with E-state index in [0.29, 0.717) is 6.29 Å². The van der Waals surface area contributed by atoms with E-state index in [1.54, 1.807) is 6.07 Å². The molecule has 0 spiro atoms. The predicted molar refractivity (Wildman–Crippen MR) is 39.6 cm³/mol. The van der Waals surface area contributed by atoms with Crippen molar-refractivity contribution in [3.8, 4) is 5.88 Å². The quantitative estimate of drug-likeness (QED) is 0.398. The topological polar surface area (TPSA) is 59.4 Å². The van der Waals surface area contributed by atoms with Gasteiger partial charge in [-0.25, -0.2) is 10.2 Å². The number of pyridine rings is 1. The number of aromatic nitrogens is 1. The van der Waals surface area contributed by atoms with Gasteiger partial charge in [0.2, 0.25) is 0 Å². The van der Waals surface area contributed by atoms with Gasteiger partial charge >= 0.3 is 0 Å². The minimum atomic E-state index is 0. The first-order valence-electron chi connectivity index (χ1n) is 2.60. The first-order valence-corrected chi connectivity index (χ1v) is 2.60. The summed E-state index contributed by atoms with van der Waals surface area (Å²) in [5, 5.41) is 8.08. The highest BCUT2D eigenvalue weighted by atomic mass is 17.1. The van der Waals surface area contributed by atoms with Crippen molar-refractivity contribution in [3.05, 3.63) is 23.9 Å². The van der Waals surface area contributed by atoms with Gasteiger partial charge in [0.25, 0.3) is 5.88 Å². The lowest BCUT2D eigenvalue weighted by Gasteiger charge is -1.93. The van der Waals surface area contributed by atoms with Gasteiger partial charge in [-0.2, -0.15) is 0 Å². The molecule has 0 bridgehead atoms. The molecule has 0 atom stereocenters. The summed E-state index contributed by atoms with van der Waals surface area (Å²) in [5.74, 6) is 0.0181. The van der Waals surface area contributed by atoms with E-state index in [4.69, 9.17) is 5.26 Å². The second-order valence-corrected chi connectivity index (χ2v) is 1.61. The van der Waals surface area contributed by atoms with Crippen LogP contribution in [0.4, 0.5) is 0 Å². The van der Waals surface area contributed by atoms with Crippen LogP contribution in [0.5, 0.6) is 5.88 Å². The summed E-state index contributed by atoms with van der Waals surface area (Å²) < 4.78 is 0. The zero-order valence-corrected chi connectivity index (χ0v) is 5.02. The summed E-state index contributed by atoms with van der Waals surface area (Å²) in [4.78, 5) is 17.4. The van der Waals surface area contributed by atoms with E-state index < -0.39 is 0 Å². The number of carbonyl (C=O) groups is 1. The largest absolute Gasteiger partial charge is 0.320 e. The zero-order chi connectivity index (χ0) is 7.40. The fourth-order valence-electron chi connectivity index (χ4n) is 0.547. The Labute approximate surface area is 64.4 Å². The second-order valence-electron chi connectivity index (χ2n) is 1.61. The van der Waals surface area contributed by atoms with E-state index in [0.717, 1.165) is 0 Å². The second kappa shape index (κ2) is 4.40. The van der Waals surface area contributed by atoms with E-state index in [9.17, 15) is 4.79 Å². The Kier molecular flexibility index (Phi) is 3.84. The average Bonchev–Trinajstić information content (AvgIpc) is 2.05. The maximum absolute atomic E-state index is 10.1. The Morgan fingerprint density at radius 3 is 2.82 bits per heavy atom. The summed E-state index contributed by atoms with van der Waals surface area (Å²) in [6.45, 7) is 0. The van der Waals surface area contributed by atoms with Crippen molar-refractivity contribution >= 4 is 6.29 Å². The van der Waals surface area contributed by atoms with Crippen molar-refractivity contribution in [1.29, 1.82) is 0 Å². The van der Waals surface area contributed by atoms with Gasteiger partial charge in [0.05, 0.1) is 0 Å². The lowest BCUT2D eigenvalue weighted by atomic mass is 10.4. The fraction of sp³-hybridized carbons (Fsp3) is 0.143. The minimum absolute atomic E-state index is 0. The lowest BCUT2D eigenvalue weighted by molar-refractivity contribution is -0.141. The van der Waals surface area contributed by atoms with Gasteiger partial charge in [-0.1, -0.05) is 13.5 Å². The third kappa shape index (κ3) is 2.35. The molecule has 0 amide bonds. The Balaban J connectivity index is 0.000001000. The van der Waals surface area contributed by atoms with Crippen LogP contribution in [0.3, 0.4) is 0 Å². The Hall–Kier alpha value is -1.42. The molecule has 60 valence electrons. The normalized spacial score (nSPS) is 8.09. The Morgan fingerprint density at radius 2 is 2.27 bits per heavy atom. The maximum atomic E-state index is 10.1. The number of rotatable bonds is 2. The number of aldehydes is 1. The van der Waals surface area contributed by atoms with Gasteiger partial charge in [0.1, 0.15) is 5.69 Å². The van der Waals surface area contributed by atoms with Crippen molar-refractivity contribution in [2.24, 2.45) is 0 Å². The molecule has 0 fully saturated rings. The van der Waals surface area contributed by atoms with Crippen molar-refractivity contribution in [1.82, 2.24) is 4.98 Å². The summed E-state index contributed by atoms with van der Waals surface area (Å²) in [5.41, 5.74) is 0.228. The van der Waals surface area contributed by atoms with Crippen LogP contribution in [-0.2, 0) is 0 Å². The molecule has 0 radical (unpaired) electrons. The van der Waals surface area contributed by atoms with Crippen LogP contribution in [-0.4, -0.2) is 16.5 Å². The molecule has 1 aromatic rings. The van der Waals surface area contributed by atoms with Crippen molar-refractivity contribution in [2.75, 3.05) is 0 Å². The average molecular weight is 155 g/mol. The summed E-state index contributed by atoms with van der Waals surface area (Å²) in [6.07, 6.45) is 0.572. The Morgan fingerprint density at radius 1 is 1.55 bits per heavy atom. The molecule has 1 rings (SSSR count). The molecule has 0 aliphatic heterocycles. The number of nitrogens with zero attached hydrogens (tertiary/aromatic N) is 1. The number of hydrogen-bond acceptors (Lipinski definition) is 4. The molecule has 0 aromatic carbocycles. The predicted octanol–water partition coefficient (Wildman–Crippen LogP) is 1.38. The van der Waals surface area contributed by atoms with Crippen LogP contribution in [0.25, 0.3) is 0 Å². The standard InChI is InChI=1S/C6H5NO3.CH4/c8-4-5-2-1-3-6(7-5)10-9;/h1-4,9H;1H4. The van der Waals surface area contributed by atoms with Gasteiger partial charge in [0, 0.05) is 6.07 Å². The lowest BCUT2D eigenvalue weighted by Crippen LogP contribution is -1.91. The molecule has 0 aliphatic rings. The van der Waals surface area contributed by atoms with E-state index >= 15 is 0 Å². The van der Waals surface area contributed by atoms with Gasteiger partial charge < -0.3 is 4.89 Å². The Bertz CT molecular complexity index is 237. The monoisotopic (exact) mass is 155 g/mol. The van der Waals surface area contributed by atoms with Crippen LogP contribution in [0.15, 0.2) is 18.2 Å². The molecular formula is C7H9NO3. The SMILES string of the molecule is C.O=Cc1cccc(OO)n1. The van der Waals surface area contributed by atoms with Gasteiger partial charge in [-0.3, -0.25) is 4.79 Å². The number of hydrogen-bond donors (Lipinski definition) is 1. The van der Waals surface area contributed by atoms with Crippen molar-refractivity contribution < 1.29 is 14.9 Å². The summed E-state index contributed by atoms with van der Waals surface area (Å²) in [7, 11) is 0.